The van der Waals surface area contributed by atoms with Crippen LogP contribution in [0.4, 0.5) is 0 Å². The lowest BCUT2D eigenvalue weighted by Gasteiger charge is -2.37. The molecule has 3 aliphatic carbocycles. The Hall–Kier alpha value is -2.12. The number of nitriles is 1. The van der Waals surface area contributed by atoms with Gasteiger partial charge in [-0.3, -0.25) is 4.79 Å². The number of Topliss-reactive ketones (excluding diaryl/α,β-unsaturated/α-hetero) is 1. The number of benzene rings is 1. The van der Waals surface area contributed by atoms with E-state index < -0.39 is 6.10 Å². The molecule has 4 nitrogen and oxygen atoms in total. The lowest BCUT2D eigenvalue weighted by molar-refractivity contribution is -0.114. The number of nitrogens with zero attached hydrogens (tertiary/aromatic N) is 2. The molecule has 1 aromatic carbocycles. The van der Waals surface area contributed by atoms with Crippen molar-refractivity contribution in [3.8, 4) is 6.07 Å². The topological polar surface area (TPSA) is 64.3 Å². The molecule has 26 heavy (non-hydrogen) atoms. The highest BCUT2D eigenvalue weighted by Crippen LogP contribution is 2.54. The zero-order valence-electron chi connectivity index (χ0n) is 15.0. The molecular weight excluding hydrogens is 324 g/mol. The molecule has 1 saturated heterocycles. The van der Waals surface area contributed by atoms with Gasteiger partial charge in [0.25, 0.3) is 0 Å². The van der Waals surface area contributed by atoms with Gasteiger partial charge in [0.05, 0.1) is 11.8 Å². The number of fused-ring (bicyclic) bond motifs is 1. The third-order valence-corrected chi connectivity index (χ3v) is 6.87. The number of likely N-dealkylation sites (tertiary alicyclic amines) is 1. The third kappa shape index (κ3) is 2.57. The summed E-state index contributed by atoms with van der Waals surface area (Å²) in [5, 5.41) is 20.2. The van der Waals surface area contributed by atoms with Gasteiger partial charge in [-0.25, -0.2) is 0 Å². The molecule has 1 heterocycles. The Kier molecular flexibility index (Phi) is 3.52. The minimum atomic E-state index is -0.430. The second kappa shape index (κ2) is 5.69. The fourth-order valence-corrected chi connectivity index (χ4v) is 4.69. The summed E-state index contributed by atoms with van der Waals surface area (Å²) in [5.41, 5.74) is 4.58. The van der Waals surface area contributed by atoms with Crippen LogP contribution < -0.4 is 0 Å². The van der Waals surface area contributed by atoms with Crippen LogP contribution in [0, 0.1) is 22.7 Å². The van der Waals surface area contributed by atoms with Gasteiger partial charge in [0.1, 0.15) is 11.6 Å². The van der Waals surface area contributed by atoms with Crippen molar-refractivity contribution in [1.82, 2.24) is 4.90 Å². The standard InChI is InChI=1S/C22H24N2O2/c23-13-18-19(25)12-15-3-4-16(21(26)14-1-2-14)11-17(15)20(18)24-9-7-22(5-6-22)8-10-24/h3-4,11,14,21,26H,1-2,5-10,12H2. The quantitative estimate of drug-likeness (QED) is 0.910. The van der Waals surface area contributed by atoms with Gasteiger partial charge in [0.2, 0.25) is 0 Å². The summed E-state index contributed by atoms with van der Waals surface area (Å²) in [6.07, 6.45) is 7.00. The Morgan fingerprint density at radius 3 is 2.54 bits per heavy atom. The van der Waals surface area contributed by atoms with Crippen LogP contribution in [-0.2, 0) is 11.2 Å². The van der Waals surface area contributed by atoms with E-state index in [1.165, 1.54) is 12.8 Å². The normalized spacial score (nSPS) is 25.1. The summed E-state index contributed by atoms with van der Waals surface area (Å²) in [4.78, 5) is 14.8. The molecule has 134 valence electrons. The van der Waals surface area contributed by atoms with Crippen molar-refractivity contribution in [2.75, 3.05) is 13.1 Å². The van der Waals surface area contributed by atoms with E-state index in [-0.39, 0.29) is 5.78 Å². The number of rotatable bonds is 3. The molecule has 1 atom stereocenters. The monoisotopic (exact) mass is 348 g/mol. The molecule has 1 aliphatic heterocycles. The maximum Gasteiger partial charge on any atom is 0.179 e. The van der Waals surface area contributed by atoms with Gasteiger partial charge < -0.3 is 10.0 Å². The van der Waals surface area contributed by atoms with E-state index in [2.05, 4.69) is 11.0 Å². The second-order valence-electron chi connectivity index (χ2n) is 8.62. The van der Waals surface area contributed by atoms with Crippen LogP contribution in [0.1, 0.15) is 61.3 Å². The summed E-state index contributed by atoms with van der Waals surface area (Å²) >= 11 is 0. The minimum Gasteiger partial charge on any atom is -0.388 e. The number of ketones is 1. The van der Waals surface area contributed by atoms with E-state index in [0.29, 0.717) is 23.3 Å². The molecule has 3 fully saturated rings. The van der Waals surface area contributed by atoms with E-state index in [1.54, 1.807) is 0 Å². The molecular formula is C22H24N2O2. The number of hydrogen-bond donors (Lipinski definition) is 1. The summed E-state index contributed by atoms with van der Waals surface area (Å²) in [5.74, 6) is 0.294. The van der Waals surface area contributed by atoms with E-state index in [0.717, 1.165) is 61.2 Å². The van der Waals surface area contributed by atoms with Crippen molar-refractivity contribution in [3.05, 3.63) is 40.5 Å². The summed E-state index contributed by atoms with van der Waals surface area (Å²) < 4.78 is 0. The van der Waals surface area contributed by atoms with Crippen molar-refractivity contribution >= 4 is 11.5 Å². The molecule has 1 aromatic rings. The van der Waals surface area contributed by atoms with Crippen LogP contribution in [0.3, 0.4) is 0 Å². The van der Waals surface area contributed by atoms with Crippen molar-refractivity contribution in [3.63, 3.8) is 0 Å². The number of allylic oxidation sites excluding steroid dienone is 1. The Bertz CT molecular complexity index is 845. The Morgan fingerprint density at radius 2 is 1.92 bits per heavy atom. The van der Waals surface area contributed by atoms with Crippen molar-refractivity contribution < 1.29 is 9.90 Å². The number of carbonyl (C=O) groups is 1. The average molecular weight is 348 g/mol. The maximum absolute atomic E-state index is 12.6. The number of piperidine rings is 1. The molecule has 0 radical (unpaired) electrons. The predicted molar refractivity (Wildman–Crippen MR) is 97.8 cm³/mol. The predicted octanol–water partition coefficient (Wildman–Crippen LogP) is 3.37. The zero-order chi connectivity index (χ0) is 17.9. The summed E-state index contributed by atoms with van der Waals surface area (Å²) in [6, 6.07) is 8.17. The summed E-state index contributed by atoms with van der Waals surface area (Å²) in [7, 11) is 0. The molecule has 2 saturated carbocycles. The van der Waals surface area contributed by atoms with Gasteiger partial charge in [0.15, 0.2) is 5.78 Å². The van der Waals surface area contributed by atoms with Crippen LogP contribution in [0.15, 0.2) is 23.8 Å². The number of hydrogen-bond acceptors (Lipinski definition) is 4. The molecule has 4 heteroatoms. The molecule has 1 spiro atoms. The number of carbonyl (C=O) groups excluding carboxylic acids is 1. The molecule has 1 N–H and O–H groups in total. The SMILES string of the molecule is N#CC1=C(N2CCC3(CC2)CC3)c2cc(C(O)C3CC3)ccc2CC1=O. The fraction of sp³-hybridized carbons (Fsp3) is 0.545. The van der Waals surface area contributed by atoms with Gasteiger partial charge in [-0.15, -0.1) is 0 Å². The van der Waals surface area contributed by atoms with Crippen molar-refractivity contribution in [1.29, 1.82) is 5.26 Å². The van der Waals surface area contributed by atoms with Gasteiger partial charge >= 0.3 is 0 Å². The fourth-order valence-electron chi connectivity index (χ4n) is 4.69. The van der Waals surface area contributed by atoms with E-state index >= 15 is 0 Å². The molecule has 0 bridgehead atoms. The maximum atomic E-state index is 12.6. The van der Waals surface area contributed by atoms with Gasteiger partial charge in [-0.1, -0.05) is 12.1 Å². The highest BCUT2D eigenvalue weighted by Gasteiger charge is 2.45. The Balaban J connectivity index is 1.55. The van der Waals surface area contributed by atoms with Gasteiger partial charge in [-0.2, -0.15) is 5.26 Å². The van der Waals surface area contributed by atoms with E-state index in [9.17, 15) is 15.2 Å². The first-order valence-electron chi connectivity index (χ1n) is 9.84. The van der Waals surface area contributed by atoms with E-state index in [4.69, 9.17) is 0 Å². The van der Waals surface area contributed by atoms with Crippen molar-refractivity contribution in [2.45, 2.75) is 51.0 Å². The minimum absolute atomic E-state index is 0.0720. The van der Waals surface area contributed by atoms with Crippen LogP contribution in [0.25, 0.3) is 5.70 Å². The smallest absolute Gasteiger partial charge is 0.179 e. The number of aliphatic hydroxyl groups is 1. The van der Waals surface area contributed by atoms with Crippen LogP contribution in [0.2, 0.25) is 0 Å². The Morgan fingerprint density at radius 1 is 1.19 bits per heavy atom. The average Bonchev–Trinajstić information content (AvgIpc) is 3.57. The molecule has 1 unspecified atom stereocenters. The zero-order valence-corrected chi connectivity index (χ0v) is 15.0. The summed E-state index contributed by atoms with van der Waals surface area (Å²) in [6.45, 7) is 1.84. The van der Waals surface area contributed by atoms with Crippen LogP contribution in [0.5, 0.6) is 0 Å². The first kappa shape index (κ1) is 16.1. The lowest BCUT2D eigenvalue weighted by Crippen LogP contribution is -2.36. The van der Waals surface area contributed by atoms with Crippen LogP contribution in [-0.4, -0.2) is 28.9 Å². The highest BCUT2D eigenvalue weighted by atomic mass is 16.3. The first-order valence-corrected chi connectivity index (χ1v) is 9.84. The molecule has 0 aromatic heterocycles. The highest BCUT2D eigenvalue weighted by molar-refractivity contribution is 6.09. The Labute approximate surface area is 154 Å². The van der Waals surface area contributed by atoms with Crippen LogP contribution >= 0.6 is 0 Å². The number of aliphatic hydroxyl groups excluding tert-OH is 1. The molecule has 0 amide bonds. The molecule has 5 rings (SSSR count). The lowest BCUT2D eigenvalue weighted by atomic mass is 9.84. The van der Waals surface area contributed by atoms with E-state index in [1.807, 2.05) is 18.2 Å². The largest absolute Gasteiger partial charge is 0.388 e. The van der Waals surface area contributed by atoms with Gasteiger partial charge in [0, 0.05) is 25.1 Å². The third-order valence-electron chi connectivity index (χ3n) is 6.87. The first-order chi connectivity index (χ1) is 12.6. The molecule has 4 aliphatic rings. The van der Waals surface area contributed by atoms with Gasteiger partial charge in [-0.05, 0) is 67.1 Å². The van der Waals surface area contributed by atoms with Crippen molar-refractivity contribution in [2.24, 2.45) is 11.3 Å². The second-order valence-corrected chi connectivity index (χ2v) is 8.62.